The van der Waals surface area contributed by atoms with E-state index in [-0.39, 0.29) is 10.7 Å². The Hall–Kier alpha value is -1.69. The molecule has 1 aliphatic heterocycles. The van der Waals surface area contributed by atoms with E-state index in [0.717, 1.165) is 0 Å². The van der Waals surface area contributed by atoms with Crippen molar-refractivity contribution in [2.75, 3.05) is 0 Å². The number of rotatable bonds is 1. The molecule has 1 heterocycles. The van der Waals surface area contributed by atoms with Crippen molar-refractivity contribution >= 4 is 28.7 Å². The number of nitrogens with zero attached hydrogens (tertiary/aromatic N) is 4. The lowest BCUT2D eigenvalue weighted by Crippen LogP contribution is -1.89. The van der Waals surface area contributed by atoms with Gasteiger partial charge in [-0.05, 0) is 11.3 Å². The number of benzene rings is 1. The Morgan fingerprint density at radius 2 is 2.15 bits per heavy atom. The fourth-order valence-corrected chi connectivity index (χ4v) is 1.19. The number of hydrogen-bond donors (Lipinski definition) is 0. The van der Waals surface area contributed by atoms with Crippen LogP contribution in [-0.2, 0) is 0 Å². The van der Waals surface area contributed by atoms with Crippen molar-refractivity contribution in [1.82, 2.24) is 5.43 Å². The molecule has 0 spiro atoms. The van der Waals surface area contributed by atoms with Gasteiger partial charge in [0.05, 0.1) is 4.92 Å². The molecule has 1 radical (unpaired) electrons. The fourth-order valence-electron chi connectivity index (χ4n) is 0.959. The third kappa shape index (κ3) is 1.20. The van der Waals surface area contributed by atoms with Crippen molar-refractivity contribution in [3.8, 4) is 0 Å². The zero-order chi connectivity index (χ0) is 9.42. The summed E-state index contributed by atoms with van der Waals surface area (Å²) in [5, 5.41) is 17.4. The lowest BCUT2D eigenvalue weighted by atomic mass is 10.2. The molecule has 65 valence electrons. The molecule has 0 aliphatic carbocycles. The zero-order valence-corrected chi connectivity index (χ0v) is 6.89. The van der Waals surface area contributed by atoms with Gasteiger partial charge in [-0.15, -0.1) is 10.5 Å². The summed E-state index contributed by atoms with van der Waals surface area (Å²) >= 11 is 5.62. The molecular weight excluding hydrogens is 196 g/mol. The van der Waals surface area contributed by atoms with Crippen LogP contribution < -0.4 is 5.43 Å². The highest BCUT2D eigenvalue weighted by Crippen LogP contribution is 2.38. The van der Waals surface area contributed by atoms with Crippen molar-refractivity contribution in [3.05, 3.63) is 27.3 Å². The van der Waals surface area contributed by atoms with Gasteiger partial charge in [0.15, 0.2) is 0 Å². The van der Waals surface area contributed by atoms with Crippen LogP contribution in [0.4, 0.5) is 17.1 Å². The normalized spacial score (nSPS) is 12.4. The second-order valence-electron chi connectivity index (χ2n) is 2.34. The molecule has 6 nitrogen and oxygen atoms in total. The monoisotopic (exact) mass is 197 g/mol. The molecule has 0 saturated carbocycles. The van der Waals surface area contributed by atoms with Crippen molar-refractivity contribution in [3.63, 3.8) is 0 Å². The maximum Gasteiger partial charge on any atom is 0.290 e. The van der Waals surface area contributed by atoms with Crippen molar-refractivity contribution < 1.29 is 4.92 Å². The Bertz CT molecular complexity index is 417. The predicted octanol–water partition coefficient (Wildman–Crippen LogP) is 2.50. The molecule has 13 heavy (non-hydrogen) atoms. The Balaban J connectivity index is 2.60. The van der Waals surface area contributed by atoms with E-state index in [9.17, 15) is 10.1 Å². The van der Waals surface area contributed by atoms with E-state index in [1.807, 2.05) is 0 Å². The number of nitro benzene ring substituents is 1. The van der Waals surface area contributed by atoms with Gasteiger partial charge in [-0.25, -0.2) is 0 Å². The Labute approximate surface area is 77.3 Å². The SMILES string of the molecule is O=[N+]([O-])c1cc2c(cc1Cl)[N]N=N2. The minimum Gasteiger partial charge on any atom is -0.258 e. The molecule has 1 aliphatic rings. The van der Waals surface area contributed by atoms with Crippen LogP contribution in [0.5, 0.6) is 0 Å². The summed E-state index contributed by atoms with van der Waals surface area (Å²) in [6.45, 7) is 0. The molecule has 2 rings (SSSR count). The molecule has 1 aromatic carbocycles. The molecular formula is C6H2ClN4O2. The standard InChI is InChI=1S/C6H2ClN4O2/c7-3-1-4-5(9-10-8-4)2-6(3)11(12)13/h1-2H. The highest BCUT2D eigenvalue weighted by atomic mass is 35.5. The first-order valence-corrected chi connectivity index (χ1v) is 3.66. The van der Waals surface area contributed by atoms with E-state index in [2.05, 4.69) is 15.8 Å². The van der Waals surface area contributed by atoms with Gasteiger partial charge in [0.1, 0.15) is 16.4 Å². The van der Waals surface area contributed by atoms with Gasteiger partial charge in [0.2, 0.25) is 0 Å². The average molecular weight is 198 g/mol. The third-order valence-corrected chi connectivity index (χ3v) is 1.85. The molecule has 0 saturated heterocycles. The highest BCUT2D eigenvalue weighted by molar-refractivity contribution is 6.33. The van der Waals surface area contributed by atoms with Gasteiger partial charge < -0.3 is 0 Å². The van der Waals surface area contributed by atoms with Gasteiger partial charge in [-0.2, -0.15) is 0 Å². The summed E-state index contributed by atoms with van der Waals surface area (Å²) in [7, 11) is 0. The van der Waals surface area contributed by atoms with Gasteiger partial charge in [0, 0.05) is 6.07 Å². The van der Waals surface area contributed by atoms with Crippen LogP contribution in [0.15, 0.2) is 22.5 Å². The fraction of sp³-hybridized carbons (Fsp3) is 0. The number of nitro groups is 1. The van der Waals surface area contributed by atoms with Crippen LogP contribution in [0, 0.1) is 10.1 Å². The van der Waals surface area contributed by atoms with Gasteiger partial charge in [-0.1, -0.05) is 11.6 Å². The summed E-state index contributed by atoms with van der Waals surface area (Å²) in [4.78, 5) is 9.87. The molecule has 0 unspecified atom stereocenters. The number of halogens is 1. The highest BCUT2D eigenvalue weighted by Gasteiger charge is 2.19. The molecule has 0 N–H and O–H groups in total. The number of hydrogen-bond acceptors (Lipinski definition) is 4. The smallest absolute Gasteiger partial charge is 0.258 e. The summed E-state index contributed by atoms with van der Waals surface area (Å²) in [6, 6.07) is 2.62. The lowest BCUT2D eigenvalue weighted by molar-refractivity contribution is -0.384. The van der Waals surface area contributed by atoms with Crippen LogP contribution >= 0.6 is 11.6 Å². The van der Waals surface area contributed by atoms with Crippen molar-refractivity contribution in [2.24, 2.45) is 10.3 Å². The molecule has 1 aromatic rings. The maximum atomic E-state index is 10.4. The first-order chi connectivity index (χ1) is 6.18. The van der Waals surface area contributed by atoms with Gasteiger partial charge in [0.25, 0.3) is 5.69 Å². The van der Waals surface area contributed by atoms with E-state index in [0.29, 0.717) is 11.4 Å². The van der Waals surface area contributed by atoms with Crippen LogP contribution in [0.1, 0.15) is 0 Å². The van der Waals surface area contributed by atoms with Gasteiger partial charge in [-0.3, -0.25) is 10.1 Å². The Kier molecular flexibility index (Phi) is 1.63. The van der Waals surface area contributed by atoms with Crippen molar-refractivity contribution in [1.29, 1.82) is 0 Å². The minimum atomic E-state index is -0.573. The second kappa shape index (κ2) is 2.67. The zero-order valence-electron chi connectivity index (χ0n) is 6.14. The summed E-state index contributed by atoms with van der Waals surface area (Å²) in [5.41, 5.74) is 4.25. The van der Waals surface area contributed by atoms with Crippen LogP contribution in [0.3, 0.4) is 0 Å². The lowest BCUT2D eigenvalue weighted by Gasteiger charge is -1.96. The molecule has 0 atom stereocenters. The topological polar surface area (TPSA) is 82.0 Å². The maximum absolute atomic E-state index is 10.4. The minimum absolute atomic E-state index is 0.0415. The third-order valence-electron chi connectivity index (χ3n) is 1.55. The largest absolute Gasteiger partial charge is 0.290 e. The Morgan fingerprint density at radius 1 is 1.38 bits per heavy atom. The molecule has 0 amide bonds. The van der Waals surface area contributed by atoms with Gasteiger partial charge >= 0.3 is 0 Å². The summed E-state index contributed by atoms with van der Waals surface area (Å²) in [5.74, 6) is 0. The molecule has 0 fully saturated rings. The first-order valence-electron chi connectivity index (χ1n) is 3.28. The summed E-state index contributed by atoms with van der Waals surface area (Å²) in [6.07, 6.45) is 0. The second-order valence-corrected chi connectivity index (χ2v) is 2.75. The van der Waals surface area contributed by atoms with E-state index in [4.69, 9.17) is 11.6 Å². The van der Waals surface area contributed by atoms with E-state index in [1.54, 1.807) is 0 Å². The quantitative estimate of drug-likeness (QED) is 0.512. The molecule has 7 heteroatoms. The first kappa shape index (κ1) is 7.93. The van der Waals surface area contributed by atoms with E-state index >= 15 is 0 Å². The van der Waals surface area contributed by atoms with E-state index in [1.165, 1.54) is 12.1 Å². The Morgan fingerprint density at radius 3 is 2.85 bits per heavy atom. The molecule has 0 aromatic heterocycles. The van der Waals surface area contributed by atoms with Crippen LogP contribution in [0.2, 0.25) is 5.02 Å². The van der Waals surface area contributed by atoms with Crippen LogP contribution in [0.25, 0.3) is 0 Å². The van der Waals surface area contributed by atoms with E-state index < -0.39 is 4.92 Å². The predicted molar refractivity (Wildman–Crippen MR) is 44.4 cm³/mol. The summed E-state index contributed by atoms with van der Waals surface area (Å²) < 4.78 is 0. The van der Waals surface area contributed by atoms with Crippen LogP contribution in [-0.4, -0.2) is 4.92 Å². The number of fused-ring (bicyclic) bond motifs is 1. The van der Waals surface area contributed by atoms with Crippen molar-refractivity contribution in [2.45, 2.75) is 0 Å². The molecule has 0 bridgehead atoms. The average Bonchev–Trinajstić information content (AvgIpc) is 2.48.